The zero-order chi connectivity index (χ0) is 37.1. The van der Waals surface area contributed by atoms with Crippen molar-refractivity contribution in [3.05, 3.63) is 83.4 Å². The summed E-state index contributed by atoms with van der Waals surface area (Å²) < 4.78 is 53.3. The van der Waals surface area contributed by atoms with E-state index in [-0.39, 0.29) is 13.1 Å². The van der Waals surface area contributed by atoms with Gasteiger partial charge in [-0.3, -0.25) is 9.88 Å². The molecule has 15 nitrogen and oxygen atoms in total. The van der Waals surface area contributed by atoms with Gasteiger partial charge in [-0.15, -0.1) is 5.10 Å². The molecule has 4 aromatic heterocycles. The van der Waals surface area contributed by atoms with Gasteiger partial charge in [-0.25, -0.2) is 22.6 Å². The minimum absolute atomic E-state index is 0.0203. The van der Waals surface area contributed by atoms with Gasteiger partial charge in [0.2, 0.25) is 10.0 Å². The number of nitrogens with one attached hydrogen (secondary N) is 1. The molecular weight excluding hydrogens is 722 g/mol. The summed E-state index contributed by atoms with van der Waals surface area (Å²) in [5, 5.41) is 14.1. The zero-order valence-corrected chi connectivity index (χ0v) is 31.4. The van der Waals surface area contributed by atoms with Crippen molar-refractivity contribution in [1.82, 2.24) is 38.6 Å². The van der Waals surface area contributed by atoms with Crippen molar-refractivity contribution in [2.75, 3.05) is 72.3 Å². The maximum atomic E-state index is 13.1. The third-order valence-electron chi connectivity index (χ3n) is 9.18. The molecule has 1 fully saturated rings. The SMILES string of the molecule is COc1ccc(CN(Cc2cc(OC)c(-n3nc(NCCN4CCOCC4)c4cnc(-c5cnn6cccnc56)cc43)cc2Cl)S(C)(=O)=O)c(OC)c1. The molecule has 0 atom stereocenters. The molecule has 0 radical (unpaired) electrons. The lowest BCUT2D eigenvalue weighted by molar-refractivity contribution is 0.0398. The van der Waals surface area contributed by atoms with Crippen molar-refractivity contribution in [2.45, 2.75) is 13.1 Å². The molecule has 1 aliphatic rings. The number of hydrogen-bond acceptors (Lipinski definition) is 12. The van der Waals surface area contributed by atoms with Gasteiger partial charge >= 0.3 is 0 Å². The maximum absolute atomic E-state index is 13.1. The van der Waals surface area contributed by atoms with Crippen LogP contribution in [0.4, 0.5) is 5.82 Å². The highest BCUT2D eigenvalue weighted by Gasteiger charge is 2.24. The Morgan fingerprint density at radius 2 is 1.75 bits per heavy atom. The number of pyridine rings is 1. The van der Waals surface area contributed by atoms with Crippen molar-refractivity contribution in [1.29, 1.82) is 0 Å². The van der Waals surface area contributed by atoms with Crippen molar-refractivity contribution in [2.24, 2.45) is 0 Å². The number of methoxy groups -OCH3 is 3. The Balaban J connectivity index is 1.26. The second-order valence-electron chi connectivity index (χ2n) is 12.5. The number of benzene rings is 2. The monoisotopic (exact) mass is 761 g/mol. The van der Waals surface area contributed by atoms with Crippen molar-refractivity contribution < 1.29 is 27.4 Å². The summed E-state index contributed by atoms with van der Waals surface area (Å²) >= 11 is 6.99. The molecule has 17 heteroatoms. The summed E-state index contributed by atoms with van der Waals surface area (Å²) in [5.74, 6) is 2.19. The molecule has 0 spiro atoms. The fourth-order valence-corrected chi connectivity index (χ4v) is 7.29. The molecule has 0 aliphatic carbocycles. The molecule has 7 rings (SSSR count). The van der Waals surface area contributed by atoms with Crippen LogP contribution >= 0.6 is 11.6 Å². The summed E-state index contributed by atoms with van der Waals surface area (Å²) in [6.07, 6.45) is 8.24. The summed E-state index contributed by atoms with van der Waals surface area (Å²) in [7, 11) is 0.946. The van der Waals surface area contributed by atoms with Crippen LogP contribution in [0.25, 0.3) is 33.5 Å². The van der Waals surface area contributed by atoms with Crippen LogP contribution in [0.5, 0.6) is 17.2 Å². The van der Waals surface area contributed by atoms with Crippen LogP contribution in [0.15, 0.2) is 67.3 Å². The highest BCUT2D eigenvalue weighted by molar-refractivity contribution is 7.88. The van der Waals surface area contributed by atoms with Gasteiger partial charge < -0.3 is 24.3 Å². The number of anilines is 1. The van der Waals surface area contributed by atoms with Gasteiger partial charge in [-0.05, 0) is 35.9 Å². The highest BCUT2D eigenvalue weighted by Crippen LogP contribution is 2.36. The van der Waals surface area contributed by atoms with E-state index >= 15 is 0 Å². The van der Waals surface area contributed by atoms with Gasteiger partial charge in [0.25, 0.3) is 0 Å². The Labute approximate surface area is 312 Å². The predicted molar refractivity (Wildman–Crippen MR) is 202 cm³/mol. The second-order valence-corrected chi connectivity index (χ2v) is 14.9. The average molecular weight is 762 g/mol. The van der Waals surface area contributed by atoms with E-state index in [0.717, 1.165) is 55.6 Å². The topological polar surface area (TPSA) is 150 Å². The number of sulfonamides is 1. The molecule has 1 saturated heterocycles. The van der Waals surface area contributed by atoms with E-state index in [0.29, 0.717) is 62.8 Å². The summed E-state index contributed by atoms with van der Waals surface area (Å²) in [6, 6.07) is 12.5. The summed E-state index contributed by atoms with van der Waals surface area (Å²) in [4.78, 5) is 11.7. The van der Waals surface area contributed by atoms with Crippen molar-refractivity contribution >= 4 is 44.0 Å². The van der Waals surface area contributed by atoms with Crippen LogP contribution in [0, 0.1) is 0 Å². The standard InChI is InChI=1S/C36H40ClN9O6S/c1-49-26-7-6-24(33(17-26)50-2)22-44(53(4,47)48)23-25-16-34(51-3)32(18-29(25)37)46-31-19-30(27-21-41-45-10-5-8-39-36(27)45)40-20-28(31)35(42-46)38-9-11-43-12-14-52-15-13-43/h5-8,10,16-21H,9,11-15,22-23H2,1-4H3,(H,38,42). The molecule has 278 valence electrons. The molecule has 2 aromatic carbocycles. The quantitative estimate of drug-likeness (QED) is 0.166. The fourth-order valence-electron chi connectivity index (χ4n) is 6.32. The van der Waals surface area contributed by atoms with Gasteiger partial charge in [0.1, 0.15) is 22.9 Å². The number of hydrogen-bond donors (Lipinski definition) is 1. The Morgan fingerprint density at radius 1 is 0.962 bits per heavy atom. The Morgan fingerprint density at radius 3 is 2.51 bits per heavy atom. The molecular formula is C36H40ClN9O6S. The van der Waals surface area contributed by atoms with E-state index in [9.17, 15) is 8.42 Å². The molecule has 1 aliphatic heterocycles. The molecule has 0 unspecified atom stereocenters. The molecule has 0 bridgehead atoms. The predicted octanol–water partition coefficient (Wildman–Crippen LogP) is 4.52. The summed E-state index contributed by atoms with van der Waals surface area (Å²) in [5.41, 5.74) is 4.60. The normalized spacial score (nSPS) is 13.9. The number of ether oxygens (including phenoxy) is 4. The Bertz CT molecular complexity index is 2360. The van der Waals surface area contributed by atoms with Crippen LogP contribution in [0.3, 0.4) is 0 Å². The number of morpholine rings is 1. The number of rotatable bonds is 14. The third kappa shape index (κ3) is 7.72. The first-order valence-electron chi connectivity index (χ1n) is 16.9. The van der Waals surface area contributed by atoms with E-state index < -0.39 is 10.0 Å². The van der Waals surface area contributed by atoms with Gasteiger partial charge in [0.05, 0.1) is 69.2 Å². The first-order chi connectivity index (χ1) is 25.7. The zero-order valence-electron chi connectivity index (χ0n) is 29.8. The minimum Gasteiger partial charge on any atom is -0.497 e. The summed E-state index contributed by atoms with van der Waals surface area (Å²) in [6.45, 7) is 4.69. The average Bonchev–Trinajstić information content (AvgIpc) is 3.76. The van der Waals surface area contributed by atoms with Crippen LogP contribution in [-0.2, 0) is 27.8 Å². The molecule has 6 aromatic rings. The molecule has 5 heterocycles. The molecule has 1 N–H and O–H groups in total. The third-order valence-corrected chi connectivity index (χ3v) is 10.7. The van der Waals surface area contributed by atoms with Gasteiger partial charge in [-0.2, -0.15) is 9.40 Å². The number of fused-ring (bicyclic) bond motifs is 2. The van der Waals surface area contributed by atoms with Gasteiger partial charge in [0, 0.05) is 74.5 Å². The number of nitrogens with zero attached hydrogens (tertiary/aromatic N) is 8. The van der Waals surface area contributed by atoms with Crippen LogP contribution in [0.1, 0.15) is 11.1 Å². The van der Waals surface area contributed by atoms with E-state index in [1.807, 2.05) is 18.3 Å². The first kappa shape index (κ1) is 36.4. The maximum Gasteiger partial charge on any atom is 0.211 e. The second kappa shape index (κ2) is 15.5. The fraction of sp³-hybridized carbons (Fsp3) is 0.333. The first-order valence-corrected chi connectivity index (χ1v) is 19.1. The van der Waals surface area contributed by atoms with Crippen molar-refractivity contribution in [3.8, 4) is 34.2 Å². The van der Waals surface area contributed by atoms with Crippen LogP contribution in [-0.4, -0.2) is 114 Å². The smallest absolute Gasteiger partial charge is 0.211 e. The Hall–Kier alpha value is -5.00. The minimum atomic E-state index is -3.69. The number of aromatic nitrogens is 6. The lowest BCUT2D eigenvalue weighted by Crippen LogP contribution is -2.39. The lowest BCUT2D eigenvalue weighted by atomic mass is 10.1. The Kier molecular flexibility index (Phi) is 10.7. The van der Waals surface area contributed by atoms with E-state index in [2.05, 4.69) is 20.3 Å². The molecule has 53 heavy (non-hydrogen) atoms. The van der Waals surface area contributed by atoms with Crippen LogP contribution < -0.4 is 19.5 Å². The van der Waals surface area contributed by atoms with Gasteiger partial charge in [-0.1, -0.05) is 17.7 Å². The lowest BCUT2D eigenvalue weighted by Gasteiger charge is -2.26. The molecule has 0 amide bonds. The van der Waals surface area contributed by atoms with E-state index in [1.165, 1.54) is 11.4 Å². The van der Waals surface area contributed by atoms with E-state index in [4.69, 9.17) is 40.6 Å². The largest absolute Gasteiger partial charge is 0.497 e. The van der Waals surface area contributed by atoms with E-state index in [1.54, 1.807) is 72.3 Å². The van der Waals surface area contributed by atoms with Gasteiger partial charge in [0.15, 0.2) is 11.5 Å². The van der Waals surface area contributed by atoms with Crippen molar-refractivity contribution in [3.63, 3.8) is 0 Å². The van der Waals surface area contributed by atoms with Crippen LogP contribution in [0.2, 0.25) is 5.02 Å². The number of halogens is 1. The highest BCUT2D eigenvalue weighted by atomic mass is 35.5. The molecule has 0 saturated carbocycles.